The van der Waals surface area contributed by atoms with Crippen molar-refractivity contribution >= 4 is 17.3 Å². The number of aromatic nitrogens is 3. The summed E-state index contributed by atoms with van der Waals surface area (Å²) in [5.74, 6) is 1.93. The zero-order chi connectivity index (χ0) is 14.3. The van der Waals surface area contributed by atoms with Crippen LogP contribution in [0.25, 0.3) is 5.65 Å². The van der Waals surface area contributed by atoms with Crippen molar-refractivity contribution in [3.8, 4) is 0 Å². The van der Waals surface area contributed by atoms with Crippen LogP contribution in [0, 0.1) is 5.41 Å². The van der Waals surface area contributed by atoms with Gasteiger partial charge in [-0.2, -0.15) is 0 Å². The third-order valence-corrected chi connectivity index (χ3v) is 5.40. The maximum Gasteiger partial charge on any atom is 0.180 e. The molecule has 0 aromatic carbocycles. The van der Waals surface area contributed by atoms with Crippen molar-refractivity contribution in [1.29, 1.82) is 0 Å². The molecule has 21 heavy (non-hydrogen) atoms. The van der Waals surface area contributed by atoms with Gasteiger partial charge >= 0.3 is 0 Å². The minimum absolute atomic E-state index is 0.642. The van der Waals surface area contributed by atoms with Crippen LogP contribution in [-0.4, -0.2) is 34.5 Å². The molecule has 4 rings (SSSR count). The van der Waals surface area contributed by atoms with E-state index in [1.807, 2.05) is 25.6 Å². The molecule has 0 unspecified atom stereocenters. The Bertz CT molecular complexity index is 631. The lowest BCUT2D eigenvalue weighted by atomic mass is 9.77. The quantitative estimate of drug-likeness (QED) is 0.921. The molecule has 1 N–H and O–H groups in total. The molecule has 2 aromatic rings. The number of nitrogens with zero attached hydrogens (tertiary/aromatic N) is 4. The van der Waals surface area contributed by atoms with Crippen LogP contribution in [0.3, 0.4) is 0 Å². The van der Waals surface area contributed by atoms with Crippen LogP contribution < -0.4 is 10.2 Å². The summed E-state index contributed by atoms with van der Waals surface area (Å²) in [6, 6.07) is 0. The van der Waals surface area contributed by atoms with Crippen molar-refractivity contribution in [2.45, 2.75) is 38.5 Å². The van der Waals surface area contributed by atoms with Crippen molar-refractivity contribution in [2.75, 3.05) is 30.4 Å². The molecule has 0 atom stereocenters. The zero-order valence-corrected chi connectivity index (χ0v) is 12.7. The molecule has 0 amide bonds. The number of nitrogens with one attached hydrogen (secondary N) is 1. The van der Waals surface area contributed by atoms with Crippen molar-refractivity contribution in [3.63, 3.8) is 0 Å². The van der Waals surface area contributed by atoms with Crippen molar-refractivity contribution in [1.82, 2.24) is 14.4 Å². The van der Waals surface area contributed by atoms with Gasteiger partial charge in [0.1, 0.15) is 5.82 Å². The zero-order valence-electron chi connectivity index (χ0n) is 12.7. The number of hydrogen-bond acceptors (Lipinski definition) is 4. The molecule has 2 fully saturated rings. The smallest absolute Gasteiger partial charge is 0.180 e. The second kappa shape index (κ2) is 4.90. The molecule has 3 heterocycles. The lowest BCUT2D eigenvalue weighted by molar-refractivity contribution is 0.226. The highest BCUT2D eigenvalue weighted by atomic mass is 15.2. The Morgan fingerprint density at radius 3 is 2.62 bits per heavy atom. The first-order valence-electron chi connectivity index (χ1n) is 8.06. The summed E-state index contributed by atoms with van der Waals surface area (Å²) in [5, 5.41) is 3.15. The van der Waals surface area contributed by atoms with Crippen molar-refractivity contribution < 1.29 is 0 Å². The number of piperidine rings is 1. The first-order chi connectivity index (χ1) is 10.3. The van der Waals surface area contributed by atoms with Crippen molar-refractivity contribution in [3.05, 3.63) is 18.6 Å². The standard InChI is InChI=1S/C16H23N5/c1-17-13-12-21-11-8-18-14(21)15(19-13)20-9-6-16(7-10-20)4-2-3-5-16/h8,11-12,17H,2-7,9-10H2,1H3. The lowest BCUT2D eigenvalue weighted by Crippen LogP contribution is -2.39. The van der Waals surface area contributed by atoms with E-state index in [9.17, 15) is 0 Å². The molecule has 5 nitrogen and oxygen atoms in total. The fraction of sp³-hybridized carbons (Fsp3) is 0.625. The number of fused-ring (bicyclic) bond motifs is 1. The third-order valence-electron chi connectivity index (χ3n) is 5.40. The van der Waals surface area contributed by atoms with Gasteiger partial charge in [-0.15, -0.1) is 0 Å². The molecule has 1 aliphatic heterocycles. The van der Waals surface area contributed by atoms with E-state index in [1.165, 1.54) is 38.5 Å². The predicted octanol–water partition coefficient (Wildman–Crippen LogP) is 2.93. The molecule has 2 aliphatic rings. The molecule has 2 aromatic heterocycles. The Kier molecular flexibility index (Phi) is 3.01. The Morgan fingerprint density at radius 1 is 1.14 bits per heavy atom. The van der Waals surface area contributed by atoms with Gasteiger partial charge in [0.15, 0.2) is 11.5 Å². The van der Waals surface area contributed by atoms with Gasteiger partial charge in [0.25, 0.3) is 0 Å². The molecule has 0 bridgehead atoms. The van der Waals surface area contributed by atoms with Crippen LogP contribution in [0.4, 0.5) is 11.6 Å². The Hall–Kier alpha value is -1.78. The van der Waals surface area contributed by atoms with E-state index in [2.05, 4.69) is 19.6 Å². The molecule has 1 saturated carbocycles. The second-order valence-electron chi connectivity index (χ2n) is 6.55. The highest BCUT2D eigenvalue weighted by Crippen LogP contribution is 2.46. The summed E-state index contributed by atoms with van der Waals surface area (Å²) in [7, 11) is 1.92. The number of hydrogen-bond donors (Lipinski definition) is 1. The summed E-state index contributed by atoms with van der Waals surface area (Å²) in [5.41, 5.74) is 1.61. The summed E-state index contributed by atoms with van der Waals surface area (Å²) in [4.78, 5) is 11.7. The molecule has 1 aliphatic carbocycles. The first kappa shape index (κ1) is 12.9. The minimum Gasteiger partial charge on any atom is -0.372 e. The van der Waals surface area contributed by atoms with Gasteiger partial charge in [-0.05, 0) is 31.1 Å². The summed E-state index contributed by atoms with van der Waals surface area (Å²) < 4.78 is 2.06. The van der Waals surface area contributed by atoms with Crippen LogP contribution in [0.2, 0.25) is 0 Å². The van der Waals surface area contributed by atoms with E-state index in [4.69, 9.17) is 4.98 Å². The van der Waals surface area contributed by atoms with Crippen LogP contribution >= 0.6 is 0 Å². The average Bonchev–Trinajstić information content (AvgIpc) is 3.16. The van der Waals surface area contributed by atoms with Crippen LogP contribution in [-0.2, 0) is 0 Å². The summed E-state index contributed by atoms with van der Waals surface area (Å²) >= 11 is 0. The van der Waals surface area contributed by atoms with Gasteiger partial charge in [0.2, 0.25) is 0 Å². The van der Waals surface area contributed by atoms with Gasteiger partial charge in [-0.25, -0.2) is 9.97 Å². The Labute approximate surface area is 125 Å². The van der Waals surface area contributed by atoms with Gasteiger partial charge < -0.3 is 14.6 Å². The lowest BCUT2D eigenvalue weighted by Gasteiger charge is -2.40. The second-order valence-corrected chi connectivity index (χ2v) is 6.55. The maximum atomic E-state index is 4.76. The molecule has 5 heteroatoms. The van der Waals surface area contributed by atoms with Crippen LogP contribution in [0.5, 0.6) is 0 Å². The predicted molar refractivity (Wildman–Crippen MR) is 84.9 cm³/mol. The van der Waals surface area contributed by atoms with Gasteiger partial charge in [-0.1, -0.05) is 12.8 Å². The molecule has 1 spiro atoms. The average molecular weight is 285 g/mol. The van der Waals surface area contributed by atoms with E-state index in [-0.39, 0.29) is 0 Å². The molecule has 112 valence electrons. The fourth-order valence-corrected chi connectivity index (χ4v) is 4.07. The number of anilines is 2. The summed E-state index contributed by atoms with van der Waals surface area (Å²) in [6.45, 7) is 2.23. The van der Waals surface area contributed by atoms with Gasteiger partial charge in [-0.3, -0.25) is 0 Å². The van der Waals surface area contributed by atoms with E-state index >= 15 is 0 Å². The van der Waals surface area contributed by atoms with E-state index < -0.39 is 0 Å². The third kappa shape index (κ3) is 2.15. The highest BCUT2D eigenvalue weighted by Gasteiger charge is 2.37. The van der Waals surface area contributed by atoms with Crippen LogP contribution in [0.1, 0.15) is 38.5 Å². The Balaban J connectivity index is 1.63. The first-order valence-corrected chi connectivity index (χ1v) is 8.06. The van der Waals surface area contributed by atoms with Crippen LogP contribution in [0.15, 0.2) is 18.6 Å². The van der Waals surface area contributed by atoms with Gasteiger partial charge in [0.05, 0.1) is 6.20 Å². The SMILES string of the molecule is CNc1cn2ccnc2c(N2CCC3(CCCC3)CC2)n1. The minimum atomic E-state index is 0.642. The molecular weight excluding hydrogens is 262 g/mol. The Morgan fingerprint density at radius 2 is 1.90 bits per heavy atom. The summed E-state index contributed by atoms with van der Waals surface area (Å²) in [6.07, 6.45) is 14.2. The van der Waals surface area contributed by atoms with E-state index in [0.717, 1.165) is 30.4 Å². The number of rotatable bonds is 2. The van der Waals surface area contributed by atoms with Crippen molar-refractivity contribution in [2.24, 2.45) is 5.41 Å². The van der Waals surface area contributed by atoms with E-state index in [0.29, 0.717) is 5.41 Å². The molecule has 1 saturated heterocycles. The normalized spacial score (nSPS) is 21.3. The molecular formula is C16H23N5. The maximum absolute atomic E-state index is 4.76. The van der Waals surface area contributed by atoms with E-state index in [1.54, 1.807) is 0 Å². The van der Waals surface area contributed by atoms with Gasteiger partial charge in [0, 0.05) is 32.5 Å². The fourth-order valence-electron chi connectivity index (χ4n) is 4.07. The number of imidazole rings is 1. The highest BCUT2D eigenvalue weighted by molar-refractivity contribution is 5.67. The monoisotopic (exact) mass is 285 g/mol. The topological polar surface area (TPSA) is 45.5 Å². The molecule has 0 radical (unpaired) electrons. The largest absolute Gasteiger partial charge is 0.372 e.